The average Bonchev–Trinajstić information content (AvgIpc) is 3.14. The normalized spacial score (nSPS) is 17.9. The first kappa shape index (κ1) is 14.1. The van der Waals surface area contributed by atoms with Gasteiger partial charge in [0.2, 0.25) is 5.91 Å². The Hall–Kier alpha value is -1.85. The molecule has 0 aliphatic carbocycles. The molecule has 2 heterocycles. The molecule has 0 bridgehead atoms. The largest absolute Gasteiger partial charge is 0.316 e. The van der Waals surface area contributed by atoms with Crippen molar-refractivity contribution in [3.8, 4) is 0 Å². The molecule has 1 fully saturated rings. The summed E-state index contributed by atoms with van der Waals surface area (Å²) in [4.78, 5) is 12.2. The van der Waals surface area contributed by atoms with Crippen molar-refractivity contribution in [3.05, 3.63) is 47.1 Å². The van der Waals surface area contributed by atoms with Crippen molar-refractivity contribution in [3.63, 3.8) is 0 Å². The zero-order chi connectivity index (χ0) is 14.7. The minimum Gasteiger partial charge on any atom is -0.316 e. The maximum absolute atomic E-state index is 12.2. The lowest BCUT2D eigenvalue weighted by atomic mass is 10.1. The van der Waals surface area contributed by atoms with Crippen LogP contribution in [0.1, 0.15) is 12.0 Å². The number of rotatable bonds is 4. The lowest BCUT2D eigenvalue weighted by Gasteiger charge is -2.12. The van der Waals surface area contributed by atoms with Gasteiger partial charge in [0.15, 0.2) is 0 Å². The van der Waals surface area contributed by atoms with Crippen LogP contribution in [-0.2, 0) is 11.3 Å². The Morgan fingerprint density at radius 2 is 2.19 bits per heavy atom. The van der Waals surface area contributed by atoms with E-state index in [1.54, 1.807) is 10.9 Å². The third-order valence-corrected chi connectivity index (χ3v) is 3.90. The quantitative estimate of drug-likeness (QED) is 0.910. The van der Waals surface area contributed by atoms with Crippen molar-refractivity contribution in [2.24, 2.45) is 5.92 Å². The van der Waals surface area contributed by atoms with Gasteiger partial charge in [-0.3, -0.25) is 4.79 Å². The van der Waals surface area contributed by atoms with E-state index in [4.69, 9.17) is 11.6 Å². The van der Waals surface area contributed by atoms with Gasteiger partial charge in [-0.2, -0.15) is 5.10 Å². The maximum atomic E-state index is 12.2. The SMILES string of the molecule is O=C(Nc1ccnn1Cc1ccc(Cl)cc1)C1CCNC1. The Bertz CT molecular complexity index is 617. The molecule has 1 aromatic carbocycles. The van der Waals surface area contributed by atoms with Crippen LogP contribution in [0.15, 0.2) is 36.5 Å². The lowest BCUT2D eigenvalue weighted by molar-refractivity contribution is -0.119. The second kappa shape index (κ2) is 6.28. The van der Waals surface area contributed by atoms with Crippen LogP contribution < -0.4 is 10.6 Å². The second-order valence-corrected chi connectivity index (χ2v) is 5.62. The molecule has 2 aromatic rings. The summed E-state index contributed by atoms with van der Waals surface area (Å²) in [6.45, 7) is 2.25. The Morgan fingerprint density at radius 3 is 2.90 bits per heavy atom. The van der Waals surface area contributed by atoms with Crippen molar-refractivity contribution < 1.29 is 4.79 Å². The van der Waals surface area contributed by atoms with E-state index in [0.29, 0.717) is 11.6 Å². The van der Waals surface area contributed by atoms with Crippen LogP contribution in [0.5, 0.6) is 0 Å². The molecule has 1 amide bonds. The highest BCUT2D eigenvalue weighted by molar-refractivity contribution is 6.30. The van der Waals surface area contributed by atoms with Crippen molar-refractivity contribution in [1.82, 2.24) is 15.1 Å². The second-order valence-electron chi connectivity index (χ2n) is 5.18. The van der Waals surface area contributed by atoms with Gasteiger partial charge in [0.1, 0.15) is 5.82 Å². The van der Waals surface area contributed by atoms with Crippen LogP contribution in [0.2, 0.25) is 5.02 Å². The van der Waals surface area contributed by atoms with Gasteiger partial charge in [0.25, 0.3) is 0 Å². The van der Waals surface area contributed by atoms with Crippen LogP contribution >= 0.6 is 11.6 Å². The molecule has 21 heavy (non-hydrogen) atoms. The highest BCUT2D eigenvalue weighted by atomic mass is 35.5. The number of hydrogen-bond donors (Lipinski definition) is 2. The molecular formula is C15H17ClN4O. The fourth-order valence-corrected chi connectivity index (χ4v) is 2.56. The van der Waals surface area contributed by atoms with Gasteiger partial charge in [0, 0.05) is 17.6 Å². The van der Waals surface area contributed by atoms with E-state index < -0.39 is 0 Å². The van der Waals surface area contributed by atoms with E-state index >= 15 is 0 Å². The number of amides is 1. The van der Waals surface area contributed by atoms with E-state index in [9.17, 15) is 4.79 Å². The van der Waals surface area contributed by atoms with Crippen LogP contribution in [0, 0.1) is 5.92 Å². The average molecular weight is 305 g/mol. The van der Waals surface area contributed by atoms with E-state index in [-0.39, 0.29) is 11.8 Å². The zero-order valence-electron chi connectivity index (χ0n) is 11.6. The summed E-state index contributed by atoms with van der Waals surface area (Å²) in [5, 5.41) is 11.1. The zero-order valence-corrected chi connectivity index (χ0v) is 12.3. The van der Waals surface area contributed by atoms with Gasteiger partial charge in [-0.25, -0.2) is 4.68 Å². The highest BCUT2D eigenvalue weighted by Crippen LogP contribution is 2.15. The van der Waals surface area contributed by atoms with Crippen molar-refractivity contribution in [2.75, 3.05) is 18.4 Å². The van der Waals surface area contributed by atoms with Crippen LogP contribution in [0.4, 0.5) is 5.82 Å². The number of benzene rings is 1. The predicted octanol–water partition coefficient (Wildman–Crippen LogP) is 2.13. The van der Waals surface area contributed by atoms with Gasteiger partial charge in [-0.05, 0) is 30.7 Å². The van der Waals surface area contributed by atoms with Crippen LogP contribution in [0.3, 0.4) is 0 Å². The smallest absolute Gasteiger partial charge is 0.229 e. The molecular weight excluding hydrogens is 288 g/mol. The van der Waals surface area contributed by atoms with Gasteiger partial charge < -0.3 is 10.6 Å². The molecule has 1 aliphatic rings. The van der Waals surface area contributed by atoms with Gasteiger partial charge in [-0.15, -0.1) is 0 Å². The summed E-state index contributed by atoms with van der Waals surface area (Å²) >= 11 is 5.88. The molecule has 2 N–H and O–H groups in total. The Kier molecular flexibility index (Phi) is 4.22. The molecule has 3 rings (SSSR count). The number of nitrogens with one attached hydrogen (secondary N) is 2. The summed E-state index contributed by atoms with van der Waals surface area (Å²) in [6, 6.07) is 9.43. The molecule has 1 atom stereocenters. The number of hydrogen-bond acceptors (Lipinski definition) is 3. The standard InChI is InChI=1S/C15H17ClN4O/c16-13-3-1-11(2-4-13)10-20-14(6-8-18-20)19-15(21)12-5-7-17-9-12/h1-4,6,8,12,17H,5,7,9-10H2,(H,19,21). The minimum atomic E-state index is 0.0453. The third-order valence-electron chi connectivity index (χ3n) is 3.64. The van der Waals surface area contributed by atoms with E-state index in [1.165, 1.54) is 0 Å². The molecule has 0 spiro atoms. The number of anilines is 1. The molecule has 0 saturated carbocycles. The fourth-order valence-electron chi connectivity index (χ4n) is 2.43. The van der Waals surface area contributed by atoms with E-state index in [1.807, 2.05) is 30.3 Å². The summed E-state index contributed by atoms with van der Waals surface area (Å²) in [5.74, 6) is 0.823. The summed E-state index contributed by atoms with van der Waals surface area (Å²) < 4.78 is 1.78. The maximum Gasteiger partial charge on any atom is 0.229 e. The molecule has 110 valence electrons. The van der Waals surface area contributed by atoms with E-state index in [2.05, 4.69) is 15.7 Å². The molecule has 5 nitrogen and oxygen atoms in total. The molecule has 1 aromatic heterocycles. The molecule has 0 radical (unpaired) electrons. The number of nitrogens with zero attached hydrogens (tertiary/aromatic N) is 2. The van der Waals surface area contributed by atoms with Gasteiger partial charge >= 0.3 is 0 Å². The number of halogens is 1. The third kappa shape index (κ3) is 3.43. The van der Waals surface area contributed by atoms with Gasteiger partial charge in [-0.1, -0.05) is 23.7 Å². The van der Waals surface area contributed by atoms with E-state index in [0.717, 1.165) is 30.9 Å². The summed E-state index contributed by atoms with van der Waals surface area (Å²) in [6.07, 6.45) is 2.58. The highest BCUT2D eigenvalue weighted by Gasteiger charge is 2.23. The number of carbonyl (C=O) groups is 1. The molecule has 1 aliphatic heterocycles. The van der Waals surface area contributed by atoms with Gasteiger partial charge in [0.05, 0.1) is 18.7 Å². The molecule has 1 unspecified atom stereocenters. The summed E-state index contributed by atoms with van der Waals surface area (Å²) in [7, 11) is 0. The first-order chi connectivity index (χ1) is 10.2. The first-order valence-corrected chi connectivity index (χ1v) is 7.38. The first-order valence-electron chi connectivity index (χ1n) is 7.00. The molecule has 6 heteroatoms. The number of aromatic nitrogens is 2. The monoisotopic (exact) mass is 304 g/mol. The topological polar surface area (TPSA) is 59.0 Å². The molecule has 1 saturated heterocycles. The summed E-state index contributed by atoms with van der Waals surface area (Å²) in [5.41, 5.74) is 1.08. The van der Waals surface area contributed by atoms with Crippen molar-refractivity contribution in [2.45, 2.75) is 13.0 Å². The Morgan fingerprint density at radius 1 is 1.38 bits per heavy atom. The fraction of sp³-hybridized carbons (Fsp3) is 0.333. The predicted molar refractivity (Wildman–Crippen MR) is 82.4 cm³/mol. The van der Waals surface area contributed by atoms with Crippen molar-refractivity contribution >= 4 is 23.3 Å². The Labute approximate surface area is 128 Å². The lowest BCUT2D eigenvalue weighted by Crippen LogP contribution is -2.26. The minimum absolute atomic E-state index is 0.0453. The van der Waals surface area contributed by atoms with Crippen LogP contribution in [-0.4, -0.2) is 28.8 Å². The number of carbonyl (C=O) groups excluding carboxylic acids is 1. The Balaban J connectivity index is 1.68. The van der Waals surface area contributed by atoms with Crippen LogP contribution in [0.25, 0.3) is 0 Å². The van der Waals surface area contributed by atoms with Crippen molar-refractivity contribution in [1.29, 1.82) is 0 Å².